The van der Waals surface area contributed by atoms with E-state index in [0.29, 0.717) is 17.9 Å². The first-order valence-electron chi connectivity index (χ1n) is 9.37. The maximum atomic E-state index is 11.9. The maximum absolute atomic E-state index is 11.9. The number of carbonyl (C=O) groups is 1. The Morgan fingerprint density at radius 1 is 1.23 bits per heavy atom. The average Bonchev–Trinajstić information content (AvgIpc) is 3.11. The van der Waals surface area contributed by atoms with E-state index in [1.807, 2.05) is 19.2 Å². The normalized spacial score (nSPS) is 22.7. The van der Waals surface area contributed by atoms with E-state index in [1.165, 1.54) is 32.8 Å². The second kappa shape index (κ2) is 8.43. The molecule has 2 aliphatic rings. The van der Waals surface area contributed by atoms with E-state index in [-0.39, 0.29) is 0 Å². The smallest absolute Gasteiger partial charge is 0.341 e. The highest BCUT2D eigenvalue weighted by molar-refractivity contribution is 5.92. The van der Waals surface area contributed by atoms with Gasteiger partial charge in [-0.3, -0.25) is 4.99 Å². The van der Waals surface area contributed by atoms with Crippen molar-refractivity contribution < 1.29 is 14.3 Å². The number of hydrogen-bond donors (Lipinski definition) is 1. The molecule has 0 aromatic heterocycles. The third-order valence-electron chi connectivity index (χ3n) is 5.61. The molecule has 1 N–H and O–H groups in total. The lowest BCUT2D eigenvalue weighted by molar-refractivity contribution is 0.0597. The van der Waals surface area contributed by atoms with E-state index in [2.05, 4.69) is 15.2 Å². The quantitative estimate of drug-likeness (QED) is 0.509. The zero-order valence-electron chi connectivity index (χ0n) is 16.0. The van der Waals surface area contributed by atoms with Crippen molar-refractivity contribution in [3.8, 4) is 5.75 Å². The van der Waals surface area contributed by atoms with Gasteiger partial charge in [-0.25, -0.2) is 4.79 Å². The van der Waals surface area contributed by atoms with Gasteiger partial charge in [-0.15, -0.1) is 0 Å². The number of hydrogen-bond acceptors (Lipinski definition) is 4. The SMILES string of the molecule is CN=C(NCc1ccc(OC)c(C(=O)OC)c1)N1CC2CCCCC2C1. The van der Waals surface area contributed by atoms with Crippen LogP contribution in [0.5, 0.6) is 5.75 Å². The number of likely N-dealkylation sites (tertiary alicyclic amines) is 1. The van der Waals surface area contributed by atoms with Crippen LogP contribution in [0.1, 0.15) is 41.6 Å². The topological polar surface area (TPSA) is 63.2 Å². The summed E-state index contributed by atoms with van der Waals surface area (Å²) in [5.74, 6) is 2.70. The lowest BCUT2D eigenvalue weighted by Crippen LogP contribution is -2.39. The Kier molecular flexibility index (Phi) is 6.01. The van der Waals surface area contributed by atoms with Crippen molar-refractivity contribution in [3.63, 3.8) is 0 Å². The van der Waals surface area contributed by atoms with E-state index >= 15 is 0 Å². The molecule has 1 aliphatic carbocycles. The molecule has 1 aliphatic heterocycles. The van der Waals surface area contributed by atoms with Crippen molar-refractivity contribution in [3.05, 3.63) is 29.3 Å². The van der Waals surface area contributed by atoms with Crippen LogP contribution in [0.3, 0.4) is 0 Å². The first-order chi connectivity index (χ1) is 12.7. The lowest BCUT2D eigenvalue weighted by Gasteiger charge is -2.22. The number of nitrogens with one attached hydrogen (secondary N) is 1. The van der Waals surface area contributed by atoms with Gasteiger partial charge in [0.15, 0.2) is 5.96 Å². The number of guanidine groups is 1. The van der Waals surface area contributed by atoms with Crippen LogP contribution in [0.25, 0.3) is 0 Å². The van der Waals surface area contributed by atoms with E-state index in [0.717, 1.165) is 36.4 Å². The highest BCUT2D eigenvalue weighted by Crippen LogP contribution is 2.36. The van der Waals surface area contributed by atoms with Crippen LogP contribution in [0.2, 0.25) is 0 Å². The molecule has 6 heteroatoms. The molecule has 26 heavy (non-hydrogen) atoms. The van der Waals surface area contributed by atoms with Gasteiger partial charge in [-0.05, 0) is 42.4 Å². The molecule has 142 valence electrons. The molecule has 1 saturated carbocycles. The summed E-state index contributed by atoms with van der Waals surface area (Å²) in [4.78, 5) is 18.8. The summed E-state index contributed by atoms with van der Waals surface area (Å²) in [6.07, 6.45) is 5.42. The molecule has 6 nitrogen and oxygen atoms in total. The summed E-state index contributed by atoms with van der Waals surface area (Å²) in [5, 5.41) is 3.44. The highest BCUT2D eigenvalue weighted by Gasteiger charge is 2.35. The van der Waals surface area contributed by atoms with Crippen LogP contribution in [0, 0.1) is 11.8 Å². The maximum Gasteiger partial charge on any atom is 0.341 e. The Bertz CT molecular complexity index is 660. The molecule has 1 heterocycles. The lowest BCUT2D eigenvalue weighted by atomic mass is 9.82. The number of benzene rings is 1. The third kappa shape index (κ3) is 3.94. The van der Waals surface area contributed by atoms with Crippen molar-refractivity contribution in [1.29, 1.82) is 0 Å². The minimum absolute atomic E-state index is 0.392. The van der Waals surface area contributed by atoms with Crippen LogP contribution in [-0.2, 0) is 11.3 Å². The van der Waals surface area contributed by atoms with E-state index in [1.54, 1.807) is 13.2 Å². The van der Waals surface area contributed by atoms with Crippen molar-refractivity contribution >= 4 is 11.9 Å². The van der Waals surface area contributed by atoms with Gasteiger partial charge in [0.1, 0.15) is 11.3 Å². The second-order valence-electron chi connectivity index (χ2n) is 7.14. The number of carbonyl (C=O) groups excluding carboxylic acids is 1. The van der Waals surface area contributed by atoms with Gasteiger partial charge in [0.05, 0.1) is 14.2 Å². The summed E-state index contributed by atoms with van der Waals surface area (Å²) >= 11 is 0. The average molecular weight is 359 g/mol. The number of rotatable bonds is 4. The fraction of sp³-hybridized carbons (Fsp3) is 0.600. The van der Waals surface area contributed by atoms with Crippen LogP contribution in [0.4, 0.5) is 0 Å². The fourth-order valence-corrected chi connectivity index (χ4v) is 4.23. The molecular formula is C20H29N3O3. The van der Waals surface area contributed by atoms with Crippen molar-refractivity contribution in [2.45, 2.75) is 32.2 Å². The molecular weight excluding hydrogens is 330 g/mol. The van der Waals surface area contributed by atoms with Gasteiger partial charge in [0, 0.05) is 26.7 Å². The monoisotopic (exact) mass is 359 g/mol. The minimum atomic E-state index is -0.392. The Morgan fingerprint density at radius 2 is 1.92 bits per heavy atom. The van der Waals surface area contributed by atoms with Gasteiger partial charge in [0.2, 0.25) is 0 Å². The molecule has 2 unspecified atom stereocenters. The zero-order chi connectivity index (χ0) is 18.5. The number of fused-ring (bicyclic) bond motifs is 1. The number of ether oxygens (including phenoxy) is 2. The second-order valence-corrected chi connectivity index (χ2v) is 7.14. The van der Waals surface area contributed by atoms with Crippen molar-refractivity contribution in [2.75, 3.05) is 34.4 Å². The van der Waals surface area contributed by atoms with E-state index < -0.39 is 5.97 Å². The minimum Gasteiger partial charge on any atom is -0.496 e. The molecule has 0 radical (unpaired) electrons. The molecule has 1 saturated heterocycles. The number of nitrogens with zero attached hydrogens (tertiary/aromatic N) is 2. The Morgan fingerprint density at radius 3 is 2.50 bits per heavy atom. The summed E-state index contributed by atoms with van der Waals surface area (Å²) in [7, 11) is 4.76. The van der Waals surface area contributed by atoms with Gasteiger partial charge < -0.3 is 19.7 Å². The van der Waals surface area contributed by atoms with Gasteiger partial charge >= 0.3 is 5.97 Å². The van der Waals surface area contributed by atoms with E-state index in [4.69, 9.17) is 9.47 Å². The summed E-state index contributed by atoms with van der Waals surface area (Å²) in [6, 6.07) is 5.57. The van der Waals surface area contributed by atoms with Gasteiger partial charge in [0.25, 0.3) is 0 Å². The predicted molar refractivity (Wildman–Crippen MR) is 102 cm³/mol. The molecule has 0 spiro atoms. The Balaban J connectivity index is 1.65. The Labute approximate surface area is 155 Å². The predicted octanol–water partition coefficient (Wildman–Crippen LogP) is 2.68. The van der Waals surface area contributed by atoms with Crippen LogP contribution in [-0.4, -0.2) is 51.2 Å². The van der Waals surface area contributed by atoms with Crippen LogP contribution < -0.4 is 10.1 Å². The van der Waals surface area contributed by atoms with Crippen LogP contribution in [0.15, 0.2) is 23.2 Å². The highest BCUT2D eigenvalue weighted by atomic mass is 16.5. The molecule has 2 fully saturated rings. The van der Waals surface area contributed by atoms with Gasteiger partial charge in [-0.1, -0.05) is 18.9 Å². The van der Waals surface area contributed by atoms with Gasteiger partial charge in [-0.2, -0.15) is 0 Å². The molecule has 0 bridgehead atoms. The molecule has 1 aromatic rings. The third-order valence-corrected chi connectivity index (χ3v) is 5.61. The fourth-order valence-electron chi connectivity index (χ4n) is 4.23. The zero-order valence-corrected chi connectivity index (χ0v) is 16.0. The molecule has 3 rings (SSSR count). The van der Waals surface area contributed by atoms with Crippen molar-refractivity contribution in [1.82, 2.24) is 10.2 Å². The number of methoxy groups -OCH3 is 2. The molecule has 1 aromatic carbocycles. The first kappa shape index (κ1) is 18.5. The number of esters is 1. The standard InChI is InChI=1S/C20H29N3O3/c1-21-20(23-12-15-6-4-5-7-16(15)13-23)22-11-14-8-9-18(25-2)17(10-14)19(24)26-3/h8-10,15-16H,4-7,11-13H2,1-3H3,(H,21,22). The Hall–Kier alpha value is -2.24. The van der Waals surface area contributed by atoms with E-state index in [9.17, 15) is 4.79 Å². The summed E-state index contributed by atoms with van der Waals surface area (Å²) < 4.78 is 10.1. The first-order valence-corrected chi connectivity index (χ1v) is 9.37. The number of aliphatic imine (C=N–C) groups is 1. The van der Waals surface area contributed by atoms with Crippen LogP contribution >= 0.6 is 0 Å². The largest absolute Gasteiger partial charge is 0.496 e. The molecule has 2 atom stereocenters. The molecule has 0 amide bonds. The summed E-state index contributed by atoms with van der Waals surface area (Å²) in [5.41, 5.74) is 1.43. The summed E-state index contributed by atoms with van der Waals surface area (Å²) in [6.45, 7) is 2.80. The van der Waals surface area contributed by atoms with Crippen molar-refractivity contribution in [2.24, 2.45) is 16.8 Å².